The Balaban J connectivity index is 1.49. The van der Waals surface area contributed by atoms with Crippen LogP contribution in [-0.2, 0) is 24.2 Å². The fourth-order valence-corrected chi connectivity index (χ4v) is 3.61. The highest BCUT2D eigenvalue weighted by atomic mass is 16.5. The number of amides is 1. The van der Waals surface area contributed by atoms with Crippen LogP contribution in [0.25, 0.3) is 11.3 Å². The molecule has 28 heavy (non-hydrogen) atoms. The average Bonchev–Trinajstić information content (AvgIpc) is 3.14. The zero-order valence-corrected chi connectivity index (χ0v) is 16.1. The minimum Gasteiger partial charge on any atom is -0.494 e. The van der Waals surface area contributed by atoms with Crippen LogP contribution >= 0.6 is 0 Å². The molecule has 1 N–H and O–H groups in total. The minimum atomic E-state index is -0.0411. The molecule has 2 aromatic carbocycles. The third-order valence-corrected chi connectivity index (χ3v) is 4.98. The Morgan fingerprint density at radius 2 is 1.96 bits per heavy atom. The predicted octanol–water partition coefficient (Wildman–Crippen LogP) is 4.47. The molecule has 0 saturated heterocycles. The molecule has 1 aliphatic heterocycles. The monoisotopic (exact) mass is 375 g/mol. The molecular weight excluding hydrogens is 350 g/mol. The van der Waals surface area contributed by atoms with Crippen LogP contribution in [-0.4, -0.2) is 22.1 Å². The van der Waals surface area contributed by atoms with Gasteiger partial charge in [0, 0.05) is 24.7 Å². The topological polar surface area (TPSA) is 56.1 Å². The van der Waals surface area contributed by atoms with Crippen molar-refractivity contribution < 1.29 is 9.53 Å². The summed E-state index contributed by atoms with van der Waals surface area (Å²) >= 11 is 0. The molecule has 5 heteroatoms. The Hall–Kier alpha value is -3.08. The van der Waals surface area contributed by atoms with Gasteiger partial charge in [0.1, 0.15) is 11.6 Å². The normalized spacial score (nSPS) is 13.0. The summed E-state index contributed by atoms with van der Waals surface area (Å²) in [5.74, 6) is 1.91. The van der Waals surface area contributed by atoms with Crippen LogP contribution in [0.5, 0.6) is 5.75 Å². The van der Waals surface area contributed by atoms with E-state index >= 15 is 0 Å². The molecule has 1 amide bonds. The zero-order valence-electron chi connectivity index (χ0n) is 16.1. The number of imidazole rings is 1. The Labute approximate surface area is 165 Å². The van der Waals surface area contributed by atoms with Gasteiger partial charge in [-0.1, -0.05) is 30.3 Å². The molecule has 1 aliphatic rings. The number of aromatic nitrogens is 2. The maximum absolute atomic E-state index is 12.6. The van der Waals surface area contributed by atoms with Crippen molar-refractivity contribution >= 4 is 11.6 Å². The van der Waals surface area contributed by atoms with Crippen molar-refractivity contribution in [1.29, 1.82) is 0 Å². The van der Waals surface area contributed by atoms with Gasteiger partial charge in [0.15, 0.2) is 0 Å². The number of ether oxygens (including phenoxy) is 1. The molecule has 0 spiro atoms. The molecule has 144 valence electrons. The molecule has 4 rings (SSSR count). The molecule has 0 unspecified atom stereocenters. The van der Waals surface area contributed by atoms with Crippen molar-refractivity contribution in [3.05, 3.63) is 66.1 Å². The van der Waals surface area contributed by atoms with E-state index < -0.39 is 0 Å². The number of fused-ring (bicyclic) bond motifs is 1. The van der Waals surface area contributed by atoms with Gasteiger partial charge in [0.05, 0.1) is 24.4 Å². The quantitative estimate of drug-likeness (QED) is 0.692. The molecule has 1 aromatic heterocycles. The summed E-state index contributed by atoms with van der Waals surface area (Å²) in [6.07, 6.45) is 5.83. The zero-order chi connectivity index (χ0) is 19.3. The number of hydrogen-bond acceptors (Lipinski definition) is 3. The summed E-state index contributed by atoms with van der Waals surface area (Å²) in [6, 6.07) is 15.5. The third-order valence-electron chi connectivity index (χ3n) is 4.98. The Morgan fingerprint density at radius 1 is 1.14 bits per heavy atom. The summed E-state index contributed by atoms with van der Waals surface area (Å²) in [5, 5.41) is 3.06. The van der Waals surface area contributed by atoms with Gasteiger partial charge in [-0.3, -0.25) is 4.79 Å². The number of carbonyl (C=O) groups excluding carboxylic acids is 1. The molecular formula is C23H25N3O2. The fourth-order valence-electron chi connectivity index (χ4n) is 3.61. The van der Waals surface area contributed by atoms with E-state index in [1.165, 1.54) is 12.8 Å². The molecule has 2 heterocycles. The molecule has 0 atom stereocenters. The second-order valence-electron chi connectivity index (χ2n) is 7.04. The third kappa shape index (κ3) is 4.09. The molecule has 0 radical (unpaired) electrons. The van der Waals surface area contributed by atoms with E-state index in [4.69, 9.17) is 9.72 Å². The van der Waals surface area contributed by atoms with Crippen molar-refractivity contribution in [3.63, 3.8) is 0 Å². The lowest BCUT2D eigenvalue weighted by Crippen LogP contribution is -2.15. The number of nitrogens with one attached hydrogen (secondary N) is 1. The smallest absolute Gasteiger partial charge is 0.228 e. The van der Waals surface area contributed by atoms with Gasteiger partial charge < -0.3 is 14.6 Å². The minimum absolute atomic E-state index is 0.0411. The summed E-state index contributed by atoms with van der Waals surface area (Å²) < 4.78 is 7.68. The van der Waals surface area contributed by atoms with Crippen LogP contribution in [0.15, 0.2) is 54.7 Å². The Morgan fingerprint density at radius 3 is 2.75 bits per heavy atom. The molecule has 0 aliphatic carbocycles. The van der Waals surface area contributed by atoms with Crippen LogP contribution in [0.2, 0.25) is 0 Å². The van der Waals surface area contributed by atoms with E-state index in [1.54, 1.807) is 0 Å². The molecule has 0 bridgehead atoms. The van der Waals surface area contributed by atoms with Crippen LogP contribution in [0.1, 0.15) is 31.2 Å². The van der Waals surface area contributed by atoms with Gasteiger partial charge in [0.2, 0.25) is 5.91 Å². The number of hydrogen-bond donors (Lipinski definition) is 1. The van der Waals surface area contributed by atoms with Gasteiger partial charge >= 0.3 is 0 Å². The van der Waals surface area contributed by atoms with Crippen molar-refractivity contribution in [3.8, 4) is 17.0 Å². The molecule has 3 aromatic rings. The highest BCUT2D eigenvalue weighted by molar-refractivity contribution is 5.96. The van der Waals surface area contributed by atoms with E-state index in [1.807, 2.05) is 55.5 Å². The average molecular weight is 375 g/mol. The van der Waals surface area contributed by atoms with Gasteiger partial charge in [-0.25, -0.2) is 4.98 Å². The lowest BCUT2D eigenvalue weighted by atomic mass is 10.1. The standard InChI is InChI=1S/C23H25N3O2/c1-2-28-18-12-10-17(11-13-18)15-23(27)25-20-8-4-3-7-19(20)21-16-26-14-6-5-9-22(26)24-21/h3-4,7-8,10-13,16H,2,5-6,9,14-15H2,1H3,(H,25,27). The van der Waals surface area contributed by atoms with Gasteiger partial charge in [-0.2, -0.15) is 0 Å². The first-order valence-electron chi connectivity index (χ1n) is 9.90. The van der Waals surface area contributed by atoms with Crippen LogP contribution in [0, 0.1) is 0 Å². The SMILES string of the molecule is CCOc1ccc(CC(=O)Nc2ccccc2-c2cn3c(n2)CCCC3)cc1. The van der Waals surface area contributed by atoms with Crippen LogP contribution < -0.4 is 10.1 Å². The van der Waals surface area contributed by atoms with Gasteiger partial charge in [-0.05, 0) is 43.5 Å². The lowest BCUT2D eigenvalue weighted by molar-refractivity contribution is -0.115. The number of benzene rings is 2. The summed E-state index contributed by atoms with van der Waals surface area (Å²) in [6.45, 7) is 3.61. The summed E-state index contributed by atoms with van der Waals surface area (Å²) in [5.41, 5.74) is 3.64. The number of nitrogens with zero attached hydrogens (tertiary/aromatic N) is 2. The van der Waals surface area contributed by atoms with Crippen molar-refractivity contribution in [2.45, 2.75) is 39.2 Å². The second kappa shape index (κ2) is 8.30. The number of rotatable bonds is 6. The number of carbonyl (C=O) groups is 1. The number of aryl methyl sites for hydroxylation is 2. The van der Waals surface area contributed by atoms with Crippen molar-refractivity contribution in [2.24, 2.45) is 0 Å². The Bertz CT molecular complexity index is 937. The van der Waals surface area contributed by atoms with E-state index in [0.29, 0.717) is 13.0 Å². The first kappa shape index (κ1) is 18.3. The fraction of sp³-hybridized carbons (Fsp3) is 0.304. The van der Waals surface area contributed by atoms with Gasteiger partial charge in [0.25, 0.3) is 0 Å². The summed E-state index contributed by atoms with van der Waals surface area (Å²) in [7, 11) is 0. The first-order valence-corrected chi connectivity index (χ1v) is 9.90. The molecule has 0 saturated carbocycles. The van der Waals surface area contributed by atoms with E-state index in [9.17, 15) is 4.79 Å². The first-order chi connectivity index (χ1) is 13.7. The van der Waals surface area contributed by atoms with Gasteiger partial charge in [-0.15, -0.1) is 0 Å². The maximum atomic E-state index is 12.6. The highest BCUT2D eigenvalue weighted by Gasteiger charge is 2.16. The molecule has 5 nitrogen and oxygen atoms in total. The number of para-hydroxylation sites is 1. The van der Waals surface area contributed by atoms with E-state index in [0.717, 1.165) is 47.0 Å². The Kier molecular flexibility index (Phi) is 5.42. The van der Waals surface area contributed by atoms with Crippen LogP contribution in [0.3, 0.4) is 0 Å². The summed E-state index contributed by atoms with van der Waals surface area (Å²) in [4.78, 5) is 17.4. The predicted molar refractivity (Wildman–Crippen MR) is 111 cm³/mol. The largest absolute Gasteiger partial charge is 0.494 e. The maximum Gasteiger partial charge on any atom is 0.228 e. The van der Waals surface area contributed by atoms with Crippen LogP contribution in [0.4, 0.5) is 5.69 Å². The van der Waals surface area contributed by atoms with E-state index in [-0.39, 0.29) is 5.91 Å². The van der Waals surface area contributed by atoms with E-state index in [2.05, 4.69) is 16.1 Å². The number of anilines is 1. The molecule has 0 fully saturated rings. The van der Waals surface area contributed by atoms with Crippen molar-refractivity contribution in [2.75, 3.05) is 11.9 Å². The lowest BCUT2D eigenvalue weighted by Gasteiger charge is -2.11. The highest BCUT2D eigenvalue weighted by Crippen LogP contribution is 2.29. The van der Waals surface area contributed by atoms with Crippen molar-refractivity contribution in [1.82, 2.24) is 9.55 Å². The second-order valence-corrected chi connectivity index (χ2v) is 7.04.